The summed E-state index contributed by atoms with van der Waals surface area (Å²) in [5.74, 6) is 0. The van der Waals surface area contributed by atoms with Gasteiger partial charge in [-0.05, 0) is 12.5 Å². The van der Waals surface area contributed by atoms with Crippen LogP contribution in [0, 0.1) is 13.0 Å². The van der Waals surface area contributed by atoms with Crippen molar-refractivity contribution < 1.29 is 4.42 Å². The molecule has 0 N–H and O–H groups in total. The molecular weight excluding hydrogens is 124 g/mol. The molecule has 1 aromatic heterocycles. The third-order valence-corrected chi connectivity index (χ3v) is 1.60. The summed E-state index contributed by atoms with van der Waals surface area (Å²) in [5, 5.41) is 1.06. The Labute approximate surface area is 59.3 Å². The monoisotopic (exact) mass is 131 g/mol. The van der Waals surface area contributed by atoms with Gasteiger partial charge in [-0.1, -0.05) is 18.2 Å². The van der Waals surface area contributed by atoms with E-state index in [1.165, 1.54) is 5.56 Å². The predicted molar refractivity (Wildman–Crippen MR) is 39.8 cm³/mol. The zero-order valence-electron chi connectivity index (χ0n) is 5.72. The number of fused-ring (bicyclic) bond motifs is 1. The first-order valence-corrected chi connectivity index (χ1v) is 3.22. The molecule has 0 saturated carbocycles. The zero-order valence-corrected chi connectivity index (χ0v) is 5.72. The molecule has 0 bridgehead atoms. The summed E-state index contributed by atoms with van der Waals surface area (Å²) in [7, 11) is 0. The van der Waals surface area contributed by atoms with Crippen molar-refractivity contribution in [2.75, 3.05) is 0 Å². The second-order valence-corrected chi connectivity index (χ2v) is 2.33. The van der Waals surface area contributed by atoms with Gasteiger partial charge in [-0.2, -0.15) is 0 Å². The normalized spacial score (nSPS) is 10.5. The van der Waals surface area contributed by atoms with Crippen molar-refractivity contribution in [1.82, 2.24) is 0 Å². The molecule has 1 nitrogen and oxygen atoms in total. The topological polar surface area (TPSA) is 13.1 Å². The van der Waals surface area contributed by atoms with Crippen molar-refractivity contribution >= 4 is 11.0 Å². The van der Waals surface area contributed by atoms with Crippen molar-refractivity contribution in [2.45, 2.75) is 6.92 Å². The number of aryl methyl sites for hydroxylation is 1. The van der Waals surface area contributed by atoms with E-state index in [4.69, 9.17) is 4.42 Å². The second kappa shape index (κ2) is 1.87. The highest BCUT2D eigenvalue weighted by Crippen LogP contribution is 2.17. The minimum absolute atomic E-state index is 0.947. The zero-order chi connectivity index (χ0) is 6.97. The van der Waals surface area contributed by atoms with Crippen molar-refractivity contribution in [2.24, 2.45) is 0 Å². The summed E-state index contributed by atoms with van der Waals surface area (Å²) in [6.45, 7) is 2.03. The van der Waals surface area contributed by atoms with Gasteiger partial charge in [-0.25, -0.2) is 0 Å². The lowest BCUT2D eigenvalue weighted by molar-refractivity contribution is 0.612. The first-order valence-electron chi connectivity index (χ1n) is 3.22. The fourth-order valence-electron chi connectivity index (χ4n) is 1.07. The Balaban J connectivity index is 2.95. The van der Waals surface area contributed by atoms with E-state index in [0.29, 0.717) is 0 Å². The molecule has 0 unspecified atom stereocenters. The van der Waals surface area contributed by atoms with Crippen LogP contribution in [0.2, 0.25) is 0 Å². The average molecular weight is 131 g/mol. The quantitative estimate of drug-likeness (QED) is 0.535. The van der Waals surface area contributed by atoms with Gasteiger partial charge >= 0.3 is 0 Å². The van der Waals surface area contributed by atoms with Crippen LogP contribution in [-0.2, 0) is 0 Å². The minimum Gasteiger partial charge on any atom is -0.463 e. The highest BCUT2D eigenvalue weighted by molar-refractivity contribution is 5.79. The van der Waals surface area contributed by atoms with E-state index in [1.807, 2.05) is 25.1 Å². The van der Waals surface area contributed by atoms with E-state index in [1.54, 1.807) is 6.26 Å². The third kappa shape index (κ3) is 0.637. The van der Waals surface area contributed by atoms with Crippen LogP contribution in [0.15, 0.2) is 28.9 Å². The molecule has 0 aliphatic heterocycles. The van der Waals surface area contributed by atoms with Crippen LogP contribution in [0.3, 0.4) is 0 Å². The largest absolute Gasteiger partial charge is 0.463 e. The molecule has 2 rings (SSSR count). The van der Waals surface area contributed by atoms with Gasteiger partial charge in [0.1, 0.15) is 5.58 Å². The molecule has 1 heteroatoms. The Hall–Kier alpha value is -1.24. The lowest BCUT2D eigenvalue weighted by Gasteiger charge is -1.90. The van der Waals surface area contributed by atoms with Crippen LogP contribution < -0.4 is 0 Å². The number of furan rings is 1. The van der Waals surface area contributed by atoms with Crippen molar-refractivity contribution in [3.05, 3.63) is 36.1 Å². The van der Waals surface area contributed by atoms with Crippen LogP contribution in [0.1, 0.15) is 5.56 Å². The summed E-state index contributed by atoms with van der Waals surface area (Å²) >= 11 is 0. The van der Waals surface area contributed by atoms with Gasteiger partial charge in [0.25, 0.3) is 0 Å². The maximum atomic E-state index is 5.19. The molecule has 1 heterocycles. The van der Waals surface area contributed by atoms with Gasteiger partial charge in [-0.3, -0.25) is 0 Å². The van der Waals surface area contributed by atoms with Gasteiger partial charge in [0.15, 0.2) is 0 Å². The Bertz CT molecular complexity index is 346. The first-order chi connectivity index (χ1) is 4.88. The van der Waals surface area contributed by atoms with E-state index < -0.39 is 0 Å². The molecule has 0 spiro atoms. The van der Waals surface area contributed by atoms with E-state index in [9.17, 15) is 0 Å². The molecule has 0 fully saturated rings. The van der Waals surface area contributed by atoms with E-state index in [-0.39, 0.29) is 0 Å². The van der Waals surface area contributed by atoms with E-state index in [2.05, 4.69) is 6.07 Å². The summed E-state index contributed by atoms with van der Waals surface area (Å²) in [6.07, 6.45) is 1.59. The highest BCUT2D eigenvalue weighted by atomic mass is 16.3. The Kier molecular flexibility index (Phi) is 1.04. The van der Waals surface area contributed by atoms with Gasteiger partial charge in [0.05, 0.1) is 6.26 Å². The lowest BCUT2D eigenvalue weighted by atomic mass is 10.2. The van der Waals surface area contributed by atoms with Gasteiger partial charge in [-0.15, -0.1) is 0 Å². The standard InChI is InChI=1S/C9H7O/c1-7-3-2-4-8-5-6-10-9(7)8/h2-4,6H,1H3. The fraction of sp³-hybridized carbons (Fsp3) is 0.111. The average Bonchev–Trinajstić information content (AvgIpc) is 2.36. The van der Waals surface area contributed by atoms with Crippen LogP contribution >= 0.6 is 0 Å². The maximum absolute atomic E-state index is 5.19. The number of para-hydroxylation sites is 1. The second-order valence-electron chi connectivity index (χ2n) is 2.33. The maximum Gasteiger partial charge on any atom is 0.137 e. The van der Waals surface area contributed by atoms with Crippen LogP contribution in [0.4, 0.5) is 0 Å². The van der Waals surface area contributed by atoms with Gasteiger partial charge < -0.3 is 4.42 Å². The fourth-order valence-corrected chi connectivity index (χ4v) is 1.07. The van der Waals surface area contributed by atoms with Crippen LogP contribution in [0.5, 0.6) is 0 Å². The first kappa shape index (κ1) is 5.54. The van der Waals surface area contributed by atoms with E-state index in [0.717, 1.165) is 11.0 Å². The summed E-state index contributed by atoms with van der Waals surface area (Å²) in [4.78, 5) is 0. The molecule has 0 saturated heterocycles. The van der Waals surface area contributed by atoms with E-state index >= 15 is 0 Å². The highest BCUT2D eigenvalue weighted by Gasteiger charge is 1.97. The number of hydrogen-bond acceptors (Lipinski definition) is 1. The molecule has 1 radical (unpaired) electrons. The summed E-state index contributed by atoms with van der Waals surface area (Å²) in [6, 6.07) is 9.02. The van der Waals surface area contributed by atoms with Crippen molar-refractivity contribution in [1.29, 1.82) is 0 Å². The Morgan fingerprint density at radius 1 is 1.40 bits per heavy atom. The number of benzene rings is 1. The molecular formula is C9H7O. The Morgan fingerprint density at radius 3 is 3.10 bits per heavy atom. The van der Waals surface area contributed by atoms with Crippen molar-refractivity contribution in [3.63, 3.8) is 0 Å². The number of hydrogen-bond donors (Lipinski definition) is 0. The number of rotatable bonds is 0. The minimum atomic E-state index is 0.947. The molecule has 0 amide bonds. The summed E-state index contributed by atoms with van der Waals surface area (Å²) < 4.78 is 5.19. The van der Waals surface area contributed by atoms with Gasteiger partial charge in [0.2, 0.25) is 0 Å². The molecule has 0 atom stereocenters. The molecule has 2 aromatic rings. The van der Waals surface area contributed by atoms with Crippen LogP contribution in [0.25, 0.3) is 11.0 Å². The smallest absolute Gasteiger partial charge is 0.137 e. The lowest BCUT2D eigenvalue weighted by Crippen LogP contribution is -1.69. The molecule has 1 aromatic carbocycles. The summed E-state index contributed by atoms with van der Waals surface area (Å²) in [5.41, 5.74) is 2.11. The van der Waals surface area contributed by atoms with Gasteiger partial charge in [0, 0.05) is 11.5 Å². The van der Waals surface area contributed by atoms with Crippen LogP contribution in [-0.4, -0.2) is 0 Å². The van der Waals surface area contributed by atoms with Crippen molar-refractivity contribution in [3.8, 4) is 0 Å². The molecule has 0 aliphatic rings. The predicted octanol–water partition coefficient (Wildman–Crippen LogP) is 2.54. The molecule has 0 aliphatic carbocycles. The Morgan fingerprint density at radius 2 is 2.30 bits per heavy atom. The SMILES string of the molecule is Cc1cccc2[c]coc12. The molecule has 49 valence electrons. The molecule has 10 heavy (non-hydrogen) atoms. The third-order valence-electron chi connectivity index (χ3n) is 1.60.